The second-order valence-electron chi connectivity index (χ2n) is 24.8. The van der Waals surface area contributed by atoms with Gasteiger partial charge in [0.25, 0.3) is 0 Å². The summed E-state index contributed by atoms with van der Waals surface area (Å²) in [5, 5.41) is 15.5. The SMILES string of the molecule is Cc1cc(N(C)C(=O)C2CCC(Oc3cccc(CC(=O)NC(C)C)c3)CC2)ccc1CN1CCN[C@@H](C)C1.Cc1cc(N(C)C(=O)C2CCC(Oc3cccc(CC(=O)O)c3)CC2)ccc1CN1CCN(C(=O)OC(C)(C)C)[C@@H](C)C1. The summed E-state index contributed by atoms with van der Waals surface area (Å²) in [5.41, 5.74) is 7.93. The van der Waals surface area contributed by atoms with Gasteiger partial charge < -0.3 is 44.7 Å². The number of hydrogen-bond acceptors (Lipinski definition) is 11. The lowest BCUT2D eigenvalue weighted by molar-refractivity contribution is -0.136. The molecule has 8 rings (SSSR count). The Morgan fingerprint density at radius 2 is 1.15 bits per heavy atom. The molecule has 2 saturated carbocycles. The lowest BCUT2D eigenvalue weighted by Crippen LogP contribution is -2.54. The van der Waals surface area contributed by atoms with Crippen molar-refractivity contribution in [3.63, 3.8) is 0 Å². The summed E-state index contributed by atoms with van der Waals surface area (Å²) in [6, 6.07) is 28.4. The molecule has 4 aromatic carbocycles. The number of hydrogen-bond donors (Lipinski definition) is 3. The van der Waals surface area contributed by atoms with Crippen molar-refractivity contribution in [3.8, 4) is 11.5 Å². The summed E-state index contributed by atoms with van der Waals surface area (Å²) >= 11 is 0. The molecule has 2 atom stereocenters. The third kappa shape index (κ3) is 18.8. The molecule has 0 aromatic heterocycles. The van der Waals surface area contributed by atoms with Gasteiger partial charge >= 0.3 is 12.1 Å². The van der Waals surface area contributed by atoms with Gasteiger partial charge in [-0.1, -0.05) is 36.4 Å². The highest BCUT2D eigenvalue weighted by molar-refractivity contribution is 5.95. The summed E-state index contributed by atoms with van der Waals surface area (Å²) in [5.74, 6) is 0.910. The summed E-state index contributed by atoms with van der Waals surface area (Å²) in [4.78, 5) is 72.8. The largest absolute Gasteiger partial charge is 0.490 e. The van der Waals surface area contributed by atoms with Gasteiger partial charge in [0, 0.05) is 108 Å². The van der Waals surface area contributed by atoms with Crippen molar-refractivity contribution in [3.05, 3.63) is 118 Å². The van der Waals surface area contributed by atoms with E-state index in [2.05, 4.69) is 78.5 Å². The molecule has 0 spiro atoms. The standard InChI is InChI=1S/C34H47N3O6.C32H46N4O3/c1-23-18-28(13-10-27(23)22-36-16-17-37(24(2)21-36)33(41)43-34(3,4)5)35(6)32(40)26-11-14-29(15-12-26)42-30-9-7-8-25(19-30)20-31(38)39;1-22(2)34-31(37)19-25-7-6-8-30(18-25)39-29-13-10-26(11-14-29)32(38)35(5)28-12-9-27(23(3)17-28)21-36-16-15-33-24(4)20-36/h7-10,13,18-19,24,26,29H,11-12,14-17,20-22H2,1-6H3,(H,38,39);6-9,12,17-18,22,24,26,29,33H,10-11,13-16,19-21H2,1-5H3,(H,34,37)/t2*24-,26?,29?/m00/s1. The summed E-state index contributed by atoms with van der Waals surface area (Å²) in [7, 11) is 3.75. The van der Waals surface area contributed by atoms with Gasteiger partial charge in [-0.2, -0.15) is 0 Å². The molecule has 446 valence electrons. The Balaban J connectivity index is 0.000000237. The molecule has 4 fully saturated rings. The summed E-state index contributed by atoms with van der Waals surface area (Å²) in [6.45, 7) is 25.2. The van der Waals surface area contributed by atoms with Crippen LogP contribution in [-0.4, -0.2) is 139 Å². The van der Waals surface area contributed by atoms with Gasteiger partial charge in [0.15, 0.2) is 0 Å². The highest BCUT2D eigenvalue weighted by Crippen LogP contribution is 2.33. The van der Waals surface area contributed by atoms with E-state index in [9.17, 15) is 24.0 Å². The second-order valence-corrected chi connectivity index (χ2v) is 24.8. The first-order valence-electron chi connectivity index (χ1n) is 29.9. The second kappa shape index (κ2) is 29.2. The van der Waals surface area contributed by atoms with E-state index >= 15 is 0 Å². The molecule has 4 aliphatic rings. The fourth-order valence-electron chi connectivity index (χ4n) is 11.8. The minimum absolute atomic E-state index is 0.0169. The van der Waals surface area contributed by atoms with Crippen molar-refractivity contribution in [2.24, 2.45) is 11.8 Å². The van der Waals surface area contributed by atoms with Crippen LogP contribution in [0.5, 0.6) is 11.5 Å². The zero-order chi connectivity index (χ0) is 59.3. The van der Waals surface area contributed by atoms with Crippen LogP contribution in [0.4, 0.5) is 16.2 Å². The molecular weight excluding hydrogens is 1030 g/mol. The van der Waals surface area contributed by atoms with Gasteiger partial charge in [-0.3, -0.25) is 29.0 Å². The maximum absolute atomic E-state index is 13.4. The lowest BCUT2D eigenvalue weighted by atomic mass is 9.86. The van der Waals surface area contributed by atoms with E-state index in [0.717, 1.165) is 125 Å². The average molecular weight is 1130 g/mol. The Kier molecular flexibility index (Phi) is 22.4. The number of benzene rings is 4. The Bertz CT molecular complexity index is 2800. The topological polar surface area (TPSA) is 174 Å². The quantitative estimate of drug-likeness (QED) is 0.0915. The minimum atomic E-state index is -0.866. The molecular formula is C66H93N7O9. The third-order valence-electron chi connectivity index (χ3n) is 16.3. The monoisotopic (exact) mass is 1130 g/mol. The molecule has 2 aliphatic carbocycles. The smallest absolute Gasteiger partial charge is 0.410 e. The number of nitrogens with zero attached hydrogens (tertiary/aromatic N) is 5. The highest BCUT2D eigenvalue weighted by atomic mass is 16.6. The molecule has 4 amide bonds. The first-order valence-corrected chi connectivity index (χ1v) is 29.9. The van der Waals surface area contributed by atoms with E-state index in [1.54, 1.807) is 17.0 Å². The molecule has 0 unspecified atom stereocenters. The van der Waals surface area contributed by atoms with Gasteiger partial charge in [-0.15, -0.1) is 0 Å². The number of piperazine rings is 2. The highest BCUT2D eigenvalue weighted by Gasteiger charge is 2.34. The van der Waals surface area contributed by atoms with Crippen molar-refractivity contribution in [2.75, 3.05) is 63.2 Å². The van der Waals surface area contributed by atoms with Gasteiger partial charge in [-0.05, 0) is 196 Å². The van der Waals surface area contributed by atoms with Crippen LogP contribution in [0.2, 0.25) is 0 Å². The Labute approximate surface area is 488 Å². The number of aliphatic carboxylic acids is 1. The van der Waals surface area contributed by atoms with E-state index in [-0.39, 0.29) is 66.4 Å². The van der Waals surface area contributed by atoms with E-state index in [1.807, 2.05) is 101 Å². The molecule has 0 radical (unpaired) electrons. The van der Waals surface area contributed by atoms with Gasteiger partial charge in [0.2, 0.25) is 17.7 Å². The minimum Gasteiger partial charge on any atom is -0.490 e. The van der Waals surface area contributed by atoms with E-state index < -0.39 is 11.6 Å². The third-order valence-corrected chi connectivity index (χ3v) is 16.3. The van der Waals surface area contributed by atoms with Crippen LogP contribution in [0, 0.1) is 25.7 Å². The summed E-state index contributed by atoms with van der Waals surface area (Å²) in [6.07, 6.45) is 6.60. The van der Waals surface area contributed by atoms with Crippen LogP contribution in [-0.2, 0) is 49.8 Å². The van der Waals surface area contributed by atoms with Crippen molar-refractivity contribution in [2.45, 2.75) is 176 Å². The van der Waals surface area contributed by atoms with Crippen molar-refractivity contribution < 1.29 is 43.3 Å². The molecule has 0 bridgehead atoms. The van der Waals surface area contributed by atoms with E-state index in [1.165, 1.54) is 16.7 Å². The van der Waals surface area contributed by atoms with Gasteiger partial charge in [0.1, 0.15) is 17.1 Å². The molecule has 82 heavy (non-hydrogen) atoms. The maximum Gasteiger partial charge on any atom is 0.410 e. The Morgan fingerprint density at radius 3 is 1.59 bits per heavy atom. The maximum atomic E-state index is 13.4. The average Bonchev–Trinajstić information content (AvgIpc) is 3.45. The Hall–Kier alpha value is -6.49. The predicted molar refractivity (Wildman–Crippen MR) is 324 cm³/mol. The fourth-order valence-corrected chi connectivity index (χ4v) is 11.8. The molecule has 2 saturated heterocycles. The first kappa shape index (κ1) is 63.1. The summed E-state index contributed by atoms with van der Waals surface area (Å²) < 4.78 is 18.0. The lowest BCUT2D eigenvalue weighted by Gasteiger charge is -2.40. The van der Waals surface area contributed by atoms with Crippen LogP contribution in [0.1, 0.15) is 133 Å². The zero-order valence-electron chi connectivity index (χ0n) is 50.8. The number of carbonyl (C=O) groups is 5. The van der Waals surface area contributed by atoms with Crippen LogP contribution in [0.15, 0.2) is 84.9 Å². The number of ether oxygens (including phenoxy) is 3. The van der Waals surface area contributed by atoms with Crippen LogP contribution in [0.25, 0.3) is 0 Å². The van der Waals surface area contributed by atoms with Crippen LogP contribution >= 0.6 is 0 Å². The molecule has 2 heterocycles. The van der Waals surface area contributed by atoms with Crippen LogP contribution in [0.3, 0.4) is 0 Å². The number of carboxylic acids is 1. The van der Waals surface area contributed by atoms with Gasteiger partial charge in [-0.25, -0.2) is 4.79 Å². The number of nitrogens with one attached hydrogen (secondary N) is 2. The fraction of sp³-hybridized carbons (Fsp3) is 0.561. The molecule has 16 heteroatoms. The van der Waals surface area contributed by atoms with Crippen LogP contribution < -0.4 is 29.9 Å². The molecule has 2 aliphatic heterocycles. The number of carboxylic acid groups (broad SMARTS) is 1. The van der Waals surface area contributed by atoms with Gasteiger partial charge in [0.05, 0.1) is 25.0 Å². The normalized spacial score (nSPS) is 21.6. The van der Waals surface area contributed by atoms with Crippen molar-refractivity contribution >= 4 is 41.2 Å². The Morgan fingerprint density at radius 1 is 0.659 bits per heavy atom. The van der Waals surface area contributed by atoms with E-state index in [4.69, 9.17) is 19.3 Å². The predicted octanol–water partition coefficient (Wildman–Crippen LogP) is 10.1. The number of rotatable bonds is 17. The number of aryl methyl sites for hydroxylation is 2. The molecule has 16 nitrogen and oxygen atoms in total. The zero-order valence-corrected chi connectivity index (χ0v) is 50.8. The molecule has 4 aromatic rings. The van der Waals surface area contributed by atoms with E-state index in [0.29, 0.717) is 30.3 Å². The number of carbonyl (C=O) groups excluding carboxylic acids is 4. The molecule has 3 N–H and O–H groups in total. The number of amides is 4. The number of anilines is 2. The van der Waals surface area contributed by atoms with Crippen molar-refractivity contribution in [1.29, 1.82) is 0 Å². The first-order chi connectivity index (χ1) is 39.0. The van der Waals surface area contributed by atoms with Crippen molar-refractivity contribution in [1.82, 2.24) is 25.3 Å².